The van der Waals surface area contributed by atoms with E-state index in [0.29, 0.717) is 11.5 Å². The van der Waals surface area contributed by atoms with Gasteiger partial charge < -0.3 is 5.32 Å². The molecule has 0 amide bonds. The van der Waals surface area contributed by atoms with E-state index in [1.54, 1.807) is 0 Å². The highest BCUT2D eigenvalue weighted by molar-refractivity contribution is 7.98. The van der Waals surface area contributed by atoms with Gasteiger partial charge in [-0.2, -0.15) is 11.8 Å². The Balaban J connectivity index is 1.62. The second-order valence-corrected chi connectivity index (χ2v) is 8.44. The number of rotatable bonds is 6. The lowest BCUT2D eigenvalue weighted by molar-refractivity contribution is 0.575. The van der Waals surface area contributed by atoms with Gasteiger partial charge in [-0.1, -0.05) is 29.8 Å². The fourth-order valence-corrected chi connectivity index (χ4v) is 4.96. The molecule has 0 radical (unpaired) electrons. The number of halogens is 1. The Morgan fingerprint density at radius 2 is 2.16 bits per heavy atom. The molecule has 1 fully saturated rings. The van der Waals surface area contributed by atoms with Gasteiger partial charge in [0.05, 0.1) is 11.5 Å². The Hall–Kier alpha value is -0.230. The summed E-state index contributed by atoms with van der Waals surface area (Å²) in [6.45, 7) is 0.843. The van der Waals surface area contributed by atoms with E-state index in [9.17, 15) is 8.42 Å². The minimum absolute atomic E-state index is 0.144. The zero-order valence-corrected chi connectivity index (χ0v) is 13.0. The molecule has 2 rings (SSSR count). The van der Waals surface area contributed by atoms with Crippen LogP contribution in [0.3, 0.4) is 0 Å². The Bertz CT molecular complexity index is 519. The van der Waals surface area contributed by atoms with Crippen molar-refractivity contribution in [1.29, 1.82) is 0 Å². The molecule has 1 aliphatic rings. The lowest BCUT2D eigenvalue weighted by Crippen LogP contribution is -2.31. The number of hydrogen-bond acceptors (Lipinski definition) is 4. The summed E-state index contributed by atoms with van der Waals surface area (Å²) >= 11 is 7.88. The van der Waals surface area contributed by atoms with Gasteiger partial charge in [-0.25, -0.2) is 8.42 Å². The van der Waals surface area contributed by atoms with Gasteiger partial charge in [0.25, 0.3) is 0 Å². The van der Waals surface area contributed by atoms with Gasteiger partial charge in [0, 0.05) is 29.1 Å². The van der Waals surface area contributed by atoms with Crippen LogP contribution in [0.2, 0.25) is 5.02 Å². The molecule has 106 valence electrons. The van der Waals surface area contributed by atoms with Crippen LogP contribution in [0.1, 0.15) is 12.0 Å². The van der Waals surface area contributed by atoms with Gasteiger partial charge in [-0.3, -0.25) is 0 Å². The van der Waals surface area contributed by atoms with Crippen molar-refractivity contribution in [1.82, 2.24) is 5.32 Å². The van der Waals surface area contributed by atoms with E-state index in [1.807, 2.05) is 36.0 Å². The third-order valence-corrected chi connectivity index (χ3v) is 6.27. The molecule has 1 aliphatic heterocycles. The largest absolute Gasteiger partial charge is 0.312 e. The minimum Gasteiger partial charge on any atom is -0.312 e. The van der Waals surface area contributed by atoms with Crippen molar-refractivity contribution in [3.05, 3.63) is 34.9 Å². The Kier molecular flexibility index (Phi) is 5.57. The maximum atomic E-state index is 11.3. The first-order valence-electron chi connectivity index (χ1n) is 6.32. The molecule has 19 heavy (non-hydrogen) atoms. The maximum absolute atomic E-state index is 11.3. The second-order valence-electron chi connectivity index (χ2n) is 4.70. The summed E-state index contributed by atoms with van der Waals surface area (Å²) in [6.07, 6.45) is 0.748. The lowest BCUT2D eigenvalue weighted by Gasteiger charge is -2.10. The van der Waals surface area contributed by atoms with Crippen LogP contribution in [0.5, 0.6) is 0 Å². The van der Waals surface area contributed by atoms with E-state index in [-0.39, 0.29) is 6.04 Å². The van der Waals surface area contributed by atoms with Crippen molar-refractivity contribution in [2.45, 2.75) is 18.2 Å². The fourth-order valence-electron chi connectivity index (χ4n) is 2.09. The SMILES string of the molecule is O=S1(=O)CCC(NCCSCc2ccccc2Cl)C1. The monoisotopic (exact) mass is 319 g/mol. The Morgan fingerprint density at radius 3 is 2.84 bits per heavy atom. The first kappa shape index (κ1) is 15.2. The van der Waals surface area contributed by atoms with Crippen LogP contribution in [-0.4, -0.2) is 38.3 Å². The molecule has 3 nitrogen and oxygen atoms in total. The summed E-state index contributed by atoms with van der Waals surface area (Å²) in [4.78, 5) is 0. The summed E-state index contributed by atoms with van der Waals surface area (Å²) in [6, 6.07) is 8.00. The molecular formula is C13H18ClNO2S2. The van der Waals surface area contributed by atoms with E-state index >= 15 is 0 Å². The number of hydrogen-bond donors (Lipinski definition) is 1. The van der Waals surface area contributed by atoms with E-state index < -0.39 is 9.84 Å². The van der Waals surface area contributed by atoms with E-state index in [2.05, 4.69) is 5.32 Å². The summed E-state index contributed by atoms with van der Waals surface area (Å²) in [5.74, 6) is 2.48. The molecule has 1 aromatic carbocycles. The molecule has 6 heteroatoms. The summed E-state index contributed by atoms with van der Waals surface area (Å²) in [5.41, 5.74) is 1.15. The van der Waals surface area contributed by atoms with Crippen LogP contribution in [0.15, 0.2) is 24.3 Å². The van der Waals surface area contributed by atoms with Crippen LogP contribution in [0.4, 0.5) is 0 Å². The minimum atomic E-state index is -2.77. The fraction of sp³-hybridized carbons (Fsp3) is 0.538. The normalized spacial score (nSPS) is 21.6. The third-order valence-electron chi connectivity index (χ3n) is 3.13. The first-order valence-corrected chi connectivity index (χ1v) is 9.67. The van der Waals surface area contributed by atoms with Crippen LogP contribution in [0.25, 0.3) is 0 Å². The van der Waals surface area contributed by atoms with Crippen molar-refractivity contribution >= 4 is 33.2 Å². The summed E-state index contributed by atoms with van der Waals surface area (Å²) in [7, 11) is -2.77. The van der Waals surface area contributed by atoms with Crippen LogP contribution < -0.4 is 5.32 Å². The van der Waals surface area contributed by atoms with Gasteiger partial charge in [-0.05, 0) is 18.1 Å². The van der Waals surface area contributed by atoms with E-state index in [4.69, 9.17) is 11.6 Å². The number of nitrogens with one attached hydrogen (secondary N) is 1. The van der Waals surface area contributed by atoms with Crippen LogP contribution >= 0.6 is 23.4 Å². The predicted octanol–water partition coefficient (Wildman–Crippen LogP) is 2.35. The average molecular weight is 320 g/mol. The average Bonchev–Trinajstić information content (AvgIpc) is 2.71. The number of sulfone groups is 1. The molecular weight excluding hydrogens is 302 g/mol. The predicted molar refractivity (Wildman–Crippen MR) is 82.7 cm³/mol. The molecule has 1 N–H and O–H groups in total. The van der Waals surface area contributed by atoms with Crippen molar-refractivity contribution in [3.63, 3.8) is 0 Å². The van der Waals surface area contributed by atoms with Crippen LogP contribution in [0, 0.1) is 0 Å². The van der Waals surface area contributed by atoms with Gasteiger partial charge in [0.1, 0.15) is 0 Å². The smallest absolute Gasteiger partial charge is 0.151 e. The van der Waals surface area contributed by atoms with Crippen molar-refractivity contribution < 1.29 is 8.42 Å². The highest BCUT2D eigenvalue weighted by atomic mass is 35.5. The molecule has 1 unspecified atom stereocenters. The van der Waals surface area contributed by atoms with Gasteiger partial charge in [0.15, 0.2) is 9.84 Å². The Labute approximate surface area is 124 Å². The van der Waals surface area contributed by atoms with Crippen molar-refractivity contribution in [2.75, 3.05) is 23.8 Å². The molecule has 1 atom stereocenters. The highest BCUT2D eigenvalue weighted by Crippen LogP contribution is 2.20. The molecule has 0 aromatic heterocycles. The number of thioether (sulfide) groups is 1. The van der Waals surface area contributed by atoms with Crippen molar-refractivity contribution in [3.8, 4) is 0 Å². The first-order chi connectivity index (χ1) is 9.07. The topological polar surface area (TPSA) is 46.2 Å². The van der Waals surface area contributed by atoms with Crippen molar-refractivity contribution in [2.24, 2.45) is 0 Å². The second kappa shape index (κ2) is 6.97. The lowest BCUT2D eigenvalue weighted by atomic mass is 10.2. The van der Waals surface area contributed by atoms with E-state index in [1.165, 1.54) is 0 Å². The van der Waals surface area contributed by atoms with Crippen LogP contribution in [-0.2, 0) is 15.6 Å². The third kappa shape index (κ3) is 4.99. The molecule has 0 bridgehead atoms. The van der Waals surface area contributed by atoms with E-state index in [0.717, 1.165) is 35.1 Å². The Morgan fingerprint density at radius 1 is 1.37 bits per heavy atom. The summed E-state index contributed by atoms with van der Waals surface area (Å²) in [5, 5.41) is 4.12. The molecule has 1 aromatic rings. The summed E-state index contributed by atoms with van der Waals surface area (Å²) < 4.78 is 22.6. The standard InChI is InChI=1S/C13H18ClNO2S2/c14-13-4-2-1-3-11(13)9-18-7-6-15-12-5-8-19(16,17)10-12/h1-4,12,15H,5-10H2. The molecule has 0 aliphatic carbocycles. The molecule has 0 saturated carbocycles. The quantitative estimate of drug-likeness (QED) is 0.818. The molecule has 1 saturated heterocycles. The number of benzene rings is 1. The molecule has 0 spiro atoms. The van der Waals surface area contributed by atoms with Gasteiger partial charge in [0.2, 0.25) is 0 Å². The zero-order valence-electron chi connectivity index (χ0n) is 10.6. The maximum Gasteiger partial charge on any atom is 0.151 e. The highest BCUT2D eigenvalue weighted by Gasteiger charge is 2.26. The molecule has 1 heterocycles. The zero-order chi connectivity index (χ0) is 13.7. The van der Waals surface area contributed by atoms with Gasteiger partial charge >= 0.3 is 0 Å². The van der Waals surface area contributed by atoms with Gasteiger partial charge in [-0.15, -0.1) is 0 Å².